The fraction of sp³-hybridized carbons (Fsp3) is 0.286. The minimum Gasteiger partial charge on any atom is -0.383 e. The van der Waals surface area contributed by atoms with Gasteiger partial charge in [-0.25, -0.2) is 14.1 Å². The molecule has 0 saturated heterocycles. The van der Waals surface area contributed by atoms with Gasteiger partial charge in [-0.15, -0.1) is 0 Å². The third-order valence-electron chi connectivity index (χ3n) is 4.27. The van der Waals surface area contributed by atoms with E-state index in [4.69, 9.17) is 11.6 Å². The molecular formula is C21H23ClFN5. The fourth-order valence-corrected chi connectivity index (χ4v) is 3.12. The summed E-state index contributed by atoms with van der Waals surface area (Å²) in [6, 6.07) is 8.66. The van der Waals surface area contributed by atoms with Gasteiger partial charge < -0.3 is 5.32 Å². The molecule has 0 aliphatic heterocycles. The molecule has 0 unspecified atom stereocenters. The van der Waals surface area contributed by atoms with Gasteiger partial charge in [-0.05, 0) is 56.7 Å². The van der Waals surface area contributed by atoms with Gasteiger partial charge in [-0.2, -0.15) is 5.10 Å². The topological polar surface area (TPSA) is 55.6 Å². The molecule has 5 nitrogen and oxygen atoms in total. The number of hydrogen-bond acceptors (Lipinski definition) is 4. The van der Waals surface area contributed by atoms with Gasteiger partial charge in [0.1, 0.15) is 11.6 Å². The van der Waals surface area contributed by atoms with Crippen molar-refractivity contribution in [1.82, 2.24) is 25.1 Å². The first-order valence-corrected chi connectivity index (χ1v) is 9.48. The zero-order chi connectivity index (χ0) is 20.3. The Balaban J connectivity index is 1.71. The number of nitrogens with zero attached hydrogens (tertiary/aromatic N) is 4. The Kier molecular flexibility index (Phi) is 6.09. The van der Waals surface area contributed by atoms with Gasteiger partial charge in [0.25, 0.3) is 0 Å². The molecule has 3 aromatic rings. The lowest BCUT2D eigenvalue weighted by Crippen LogP contribution is -2.17. The molecule has 0 bridgehead atoms. The lowest BCUT2D eigenvalue weighted by molar-refractivity contribution is 0.614. The van der Waals surface area contributed by atoms with Crippen molar-refractivity contribution >= 4 is 11.6 Å². The van der Waals surface area contributed by atoms with E-state index in [1.165, 1.54) is 17.7 Å². The standard InChI is InChI=1S/C21H23ClFN5/c1-5-28-20(26-21(27-28)16-6-7-18(22)19(23)11-16)10-14(3)24-12-17-9-13(2)8-15(4)25-17/h6-9,11,24H,3,5,10,12H2,1-2,4H3. The Morgan fingerprint density at radius 3 is 2.68 bits per heavy atom. The molecule has 0 spiro atoms. The van der Waals surface area contributed by atoms with Crippen LogP contribution < -0.4 is 5.32 Å². The average Bonchev–Trinajstić information content (AvgIpc) is 3.04. The first-order valence-electron chi connectivity index (χ1n) is 9.10. The minimum atomic E-state index is -0.486. The zero-order valence-corrected chi connectivity index (χ0v) is 17.0. The number of hydrogen-bond donors (Lipinski definition) is 1. The maximum Gasteiger partial charge on any atom is 0.181 e. The maximum absolute atomic E-state index is 13.8. The molecule has 0 radical (unpaired) electrons. The quantitative estimate of drug-likeness (QED) is 0.630. The molecule has 0 fully saturated rings. The SMILES string of the molecule is C=C(Cc1nc(-c2ccc(Cl)c(F)c2)nn1CC)NCc1cc(C)cc(C)n1. The van der Waals surface area contributed by atoms with Crippen LogP contribution in [0.3, 0.4) is 0 Å². The van der Waals surface area contributed by atoms with Crippen LogP contribution in [0, 0.1) is 19.7 Å². The molecule has 3 rings (SSSR count). The highest BCUT2D eigenvalue weighted by Crippen LogP contribution is 2.22. The van der Waals surface area contributed by atoms with Gasteiger partial charge in [0.15, 0.2) is 5.82 Å². The molecule has 0 saturated carbocycles. The molecule has 0 amide bonds. The van der Waals surface area contributed by atoms with Crippen LogP contribution in [0.25, 0.3) is 11.4 Å². The molecule has 28 heavy (non-hydrogen) atoms. The Bertz CT molecular complexity index is 992. The van der Waals surface area contributed by atoms with Crippen molar-refractivity contribution in [3.8, 4) is 11.4 Å². The highest BCUT2D eigenvalue weighted by Gasteiger charge is 2.13. The molecule has 2 aromatic heterocycles. The lowest BCUT2D eigenvalue weighted by Gasteiger charge is -2.10. The van der Waals surface area contributed by atoms with Gasteiger partial charge in [-0.1, -0.05) is 18.2 Å². The smallest absolute Gasteiger partial charge is 0.181 e. The second-order valence-electron chi connectivity index (χ2n) is 6.71. The summed E-state index contributed by atoms with van der Waals surface area (Å²) < 4.78 is 15.6. The number of nitrogens with one attached hydrogen (secondary N) is 1. The van der Waals surface area contributed by atoms with Crippen LogP contribution in [-0.4, -0.2) is 19.7 Å². The summed E-state index contributed by atoms with van der Waals surface area (Å²) in [7, 11) is 0. The summed E-state index contributed by atoms with van der Waals surface area (Å²) in [5.41, 5.74) is 4.55. The molecule has 2 heterocycles. The first-order chi connectivity index (χ1) is 13.4. The fourth-order valence-electron chi connectivity index (χ4n) is 3.00. The number of rotatable bonds is 7. The van der Waals surface area contributed by atoms with E-state index in [0.29, 0.717) is 30.9 Å². The van der Waals surface area contributed by atoms with E-state index in [-0.39, 0.29) is 5.02 Å². The second-order valence-corrected chi connectivity index (χ2v) is 7.11. The number of benzene rings is 1. The highest BCUT2D eigenvalue weighted by molar-refractivity contribution is 6.30. The molecule has 146 valence electrons. The molecular weight excluding hydrogens is 377 g/mol. The Morgan fingerprint density at radius 1 is 1.21 bits per heavy atom. The van der Waals surface area contributed by atoms with Gasteiger partial charge in [0.05, 0.1) is 17.3 Å². The predicted octanol–water partition coefficient (Wildman–Crippen LogP) is 4.62. The summed E-state index contributed by atoms with van der Waals surface area (Å²) in [4.78, 5) is 9.09. The summed E-state index contributed by atoms with van der Waals surface area (Å²) >= 11 is 5.76. The van der Waals surface area contributed by atoms with Crippen molar-refractivity contribution in [3.05, 3.63) is 76.2 Å². The largest absolute Gasteiger partial charge is 0.383 e. The number of halogens is 2. The Labute approximate surface area is 169 Å². The molecule has 0 atom stereocenters. The summed E-state index contributed by atoms with van der Waals surface area (Å²) in [5, 5.41) is 7.86. The third-order valence-corrected chi connectivity index (χ3v) is 4.57. The van der Waals surface area contributed by atoms with Gasteiger partial charge in [0.2, 0.25) is 0 Å². The lowest BCUT2D eigenvalue weighted by atomic mass is 10.2. The predicted molar refractivity (Wildman–Crippen MR) is 109 cm³/mol. The average molecular weight is 400 g/mol. The van der Waals surface area contributed by atoms with Crippen LogP contribution in [0.4, 0.5) is 4.39 Å². The zero-order valence-electron chi connectivity index (χ0n) is 16.3. The summed E-state index contributed by atoms with van der Waals surface area (Å²) in [6.07, 6.45) is 0.516. The van der Waals surface area contributed by atoms with Gasteiger partial charge >= 0.3 is 0 Å². The van der Waals surface area contributed by atoms with Crippen LogP contribution in [0.1, 0.15) is 29.7 Å². The number of allylic oxidation sites excluding steroid dienone is 1. The van der Waals surface area contributed by atoms with E-state index in [0.717, 1.165) is 22.9 Å². The normalized spacial score (nSPS) is 10.9. The molecule has 0 aliphatic rings. The monoisotopic (exact) mass is 399 g/mol. The summed E-state index contributed by atoms with van der Waals surface area (Å²) in [6.45, 7) is 11.4. The van der Waals surface area contributed by atoms with E-state index >= 15 is 0 Å². The first kappa shape index (κ1) is 20.0. The van der Waals surface area contributed by atoms with Crippen molar-refractivity contribution in [2.75, 3.05) is 0 Å². The molecule has 7 heteroatoms. The molecule has 0 aliphatic carbocycles. The van der Waals surface area contributed by atoms with E-state index in [9.17, 15) is 4.39 Å². The second kappa shape index (κ2) is 8.52. The van der Waals surface area contributed by atoms with Crippen molar-refractivity contribution < 1.29 is 4.39 Å². The Hall–Kier alpha value is -2.73. The highest BCUT2D eigenvalue weighted by atomic mass is 35.5. The van der Waals surface area contributed by atoms with Gasteiger partial charge in [-0.3, -0.25) is 4.98 Å². The van der Waals surface area contributed by atoms with Gasteiger partial charge in [0, 0.05) is 29.9 Å². The summed E-state index contributed by atoms with van der Waals surface area (Å²) in [5.74, 6) is 0.746. The van der Waals surface area contributed by atoms with Crippen molar-refractivity contribution in [2.24, 2.45) is 0 Å². The van der Waals surface area contributed by atoms with Crippen LogP contribution in [0.5, 0.6) is 0 Å². The maximum atomic E-state index is 13.8. The van der Waals surface area contributed by atoms with Crippen LogP contribution in [0.15, 0.2) is 42.6 Å². The van der Waals surface area contributed by atoms with Crippen LogP contribution in [0.2, 0.25) is 5.02 Å². The van der Waals surface area contributed by atoms with E-state index < -0.39 is 5.82 Å². The van der Waals surface area contributed by atoms with Crippen molar-refractivity contribution in [1.29, 1.82) is 0 Å². The van der Waals surface area contributed by atoms with Crippen LogP contribution >= 0.6 is 11.6 Å². The van der Waals surface area contributed by atoms with Crippen LogP contribution in [-0.2, 0) is 19.5 Å². The number of pyridine rings is 1. The van der Waals surface area contributed by atoms with Crippen molar-refractivity contribution in [2.45, 2.75) is 40.3 Å². The third kappa shape index (κ3) is 4.75. The van der Waals surface area contributed by atoms with E-state index in [1.807, 2.05) is 19.9 Å². The number of aryl methyl sites for hydroxylation is 3. The van der Waals surface area contributed by atoms with E-state index in [2.05, 4.69) is 40.0 Å². The number of aromatic nitrogens is 4. The minimum absolute atomic E-state index is 0.0801. The molecule has 1 aromatic carbocycles. The van der Waals surface area contributed by atoms with E-state index in [1.54, 1.807) is 10.7 Å². The molecule has 1 N–H and O–H groups in total. The Morgan fingerprint density at radius 2 is 2.00 bits per heavy atom. The van der Waals surface area contributed by atoms with Crippen molar-refractivity contribution in [3.63, 3.8) is 0 Å².